The molecule has 1 aromatic rings. The Bertz CT molecular complexity index is 545. The van der Waals surface area contributed by atoms with E-state index in [0.29, 0.717) is 12.3 Å². The number of unbranched alkanes of at least 4 members (excludes halogenated alkanes) is 2. The lowest BCUT2D eigenvalue weighted by Gasteiger charge is -2.26. The molecule has 1 rings (SSSR count). The van der Waals surface area contributed by atoms with Crippen molar-refractivity contribution in [2.24, 2.45) is 0 Å². The van der Waals surface area contributed by atoms with Crippen LogP contribution < -0.4 is 5.32 Å². The zero-order chi connectivity index (χ0) is 19.4. The third-order valence-electron chi connectivity index (χ3n) is 4.31. The third-order valence-corrected chi connectivity index (χ3v) is 5.42. The summed E-state index contributed by atoms with van der Waals surface area (Å²) in [5.74, 6) is 0.406. The summed E-state index contributed by atoms with van der Waals surface area (Å²) in [6.45, 7) is 9.19. The van der Waals surface area contributed by atoms with Crippen LogP contribution in [0.15, 0.2) is 29.2 Å². The summed E-state index contributed by atoms with van der Waals surface area (Å²) in [6.07, 6.45) is 5.54. The van der Waals surface area contributed by atoms with Gasteiger partial charge in [0.1, 0.15) is 6.04 Å². The molecule has 0 aliphatic carbocycles. The molecule has 2 amide bonds. The fourth-order valence-corrected chi connectivity index (χ4v) is 3.64. The second-order valence-electron chi connectivity index (χ2n) is 6.58. The number of rotatable bonds is 12. The number of benzene rings is 1. The molecule has 1 N–H and O–H groups in total. The maximum atomic E-state index is 12.8. The van der Waals surface area contributed by atoms with Crippen LogP contribution in [0.1, 0.15) is 58.9 Å². The monoisotopic (exact) mass is 378 g/mol. The van der Waals surface area contributed by atoms with Gasteiger partial charge in [-0.25, -0.2) is 0 Å². The molecule has 1 aromatic carbocycles. The summed E-state index contributed by atoms with van der Waals surface area (Å²) in [5.41, 5.74) is 1.35. The number of amides is 2. The lowest BCUT2D eigenvalue weighted by molar-refractivity contribution is -0.135. The first-order valence-corrected chi connectivity index (χ1v) is 10.8. The summed E-state index contributed by atoms with van der Waals surface area (Å²) in [5, 5.41) is 2.83. The molecule has 4 nitrogen and oxygen atoms in total. The molecule has 0 aliphatic heterocycles. The highest BCUT2D eigenvalue weighted by molar-refractivity contribution is 7.99. The van der Waals surface area contributed by atoms with E-state index in [9.17, 15) is 9.59 Å². The molecule has 0 aromatic heterocycles. The van der Waals surface area contributed by atoms with E-state index in [1.54, 1.807) is 11.8 Å². The second kappa shape index (κ2) is 12.8. The molecule has 146 valence electrons. The van der Waals surface area contributed by atoms with Crippen LogP contribution in [-0.2, 0) is 16.0 Å². The third kappa shape index (κ3) is 8.26. The summed E-state index contributed by atoms with van der Waals surface area (Å²) < 4.78 is 0. The van der Waals surface area contributed by atoms with Gasteiger partial charge in [0, 0.05) is 30.7 Å². The molecule has 0 radical (unpaired) electrons. The van der Waals surface area contributed by atoms with Crippen molar-refractivity contribution in [3.63, 3.8) is 0 Å². The van der Waals surface area contributed by atoms with E-state index in [0.717, 1.165) is 30.7 Å². The summed E-state index contributed by atoms with van der Waals surface area (Å²) in [7, 11) is 0. The van der Waals surface area contributed by atoms with Crippen LogP contribution in [0.25, 0.3) is 0 Å². The number of hydrogen-bond donors (Lipinski definition) is 1. The number of carbonyl (C=O) groups is 2. The van der Waals surface area contributed by atoms with Crippen LogP contribution in [0, 0.1) is 0 Å². The molecule has 0 bridgehead atoms. The predicted molar refractivity (Wildman–Crippen MR) is 111 cm³/mol. The highest BCUT2D eigenvalue weighted by Gasteiger charge is 2.24. The van der Waals surface area contributed by atoms with Crippen LogP contribution >= 0.6 is 11.8 Å². The number of likely N-dealkylation sites (N-methyl/N-ethyl adjacent to an activating group) is 1. The van der Waals surface area contributed by atoms with Crippen molar-refractivity contribution in [2.75, 3.05) is 18.8 Å². The van der Waals surface area contributed by atoms with Gasteiger partial charge in [0.25, 0.3) is 0 Å². The fraction of sp³-hybridized carbons (Fsp3) is 0.619. The van der Waals surface area contributed by atoms with Crippen molar-refractivity contribution in [3.05, 3.63) is 29.8 Å². The maximum Gasteiger partial charge on any atom is 0.246 e. The lowest BCUT2D eigenvalue weighted by Crippen LogP contribution is -2.49. The molecule has 1 unspecified atom stereocenters. The van der Waals surface area contributed by atoms with Crippen molar-refractivity contribution >= 4 is 23.6 Å². The first-order chi connectivity index (χ1) is 12.5. The van der Waals surface area contributed by atoms with E-state index in [1.807, 2.05) is 11.8 Å². The first kappa shape index (κ1) is 22.6. The SMILES string of the molecule is CCCCc1ccc(SCC(NC(C)=O)C(=O)N(CC)CCCC)cc1. The lowest BCUT2D eigenvalue weighted by atomic mass is 10.1. The molecular weight excluding hydrogens is 344 g/mol. The standard InChI is InChI=1S/C21H34N2O2S/c1-5-8-10-18-11-13-19(14-12-18)26-16-20(22-17(4)24)21(25)23(7-3)15-9-6-2/h11-14,20H,5-10,15-16H2,1-4H3,(H,22,24). The van der Waals surface area contributed by atoms with E-state index < -0.39 is 6.04 Å². The molecule has 0 saturated heterocycles. The summed E-state index contributed by atoms with van der Waals surface area (Å²) in [6, 6.07) is 8.06. The van der Waals surface area contributed by atoms with Crippen LogP contribution in [0.5, 0.6) is 0 Å². The van der Waals surface area contributed by atoms with Gasteiger partial charge in [-0.3, -0.25) is 9.59 Å². The Balaban J connectivity index is 2.68. The van der Waals surface area contributed by atoms with Crippen molar-refractivity contribution in [2.45, 2.75) is 70.7 Å². The molecule has 5 heteroatoms. The van der Waals surface area contributed by atoms with Crippen molar-refractivity contribution in [1.82, 2.24) is 10.2 Å². The fourth-order valence-electron chi connectivity index (χ4n) is 2.73. The number of aryl methyl sites for hydroxylation is 1. The van der Waals surface area contributed by atoms with Gasteiger partial charge in [0.05, 0.1) is 0 Å². The van der Waals surface area contributed by atoms with Crippen molar-refractivity contribution in [1.29, 1.82) is 0 Å². The minimum Gasteiger partial charge on any atom is -0.344 e. The Morgan fingerprint density at radius 1 is 1.08 bits per heavy atom. The number of nitrogens with zero attached hydrogens (tertiary/aromatic N) is 1. The highest BCUT2D eigenvalue weighted by atomic mass is 32.2. The van der Waals surface area contributed by atoms with Crippen LogP contribution in [-0.4, -0.2) is 41.6 Å². The molecule has 26 heavy (non-hydrogen) atoms. The summed E-state index contributed by atoms with van der Waals surface area (Å²) >= 11 is 1.62. The Hall–Kier alpha value is -1.49. The molecular formula is C21H34N2O2S. The Kier molecular flexibility index (Phi) is 11.1. The van der Waals surface area contributed by atoms with Crippen LogP contribution in [0.3, 0.4) is 0 Å². The summed E-state index contributed by atoms with van der Waals surface area (Å²) in [4.78, 5) is 27.3. The smallest absolute Gasteiger partial charge is 0.246 e. The van der Waals surface area contributed by atoms with Gasteiger partial charge in [0.15, 0.2) is 0 Å². The minimum absolute atomic E-state index is 0.0169. The van der Waals surface area contributed by atoms with E-state index in [-0.39, 0.29) is 11.8 Å². The maximum absolute atomic E-state index is 12.8. The van der Waals surface area contributed by atoms with Gasteiger partial charge in [-0.2, -0.15) is 0 Å². The number of carbonyl (C=O) groups excluding carboxylic acids is 2. The Labute approximate surface area is 163 Å². The zero-order valence-electron chi connectivity index (χ0n) is 16.7. The Morgan fingerprint density at radius 3 is 2.27 bits per heavy atom. The number of thioether (sulfide) groups is 1. The van der Waals surface area contributed by atoms with Gasteiger partial charge in [0.2, 0.25) is 11.8 Å². The molecule has 0 aliphatic rings. The second-order valence-corrected chi connectivity index (χ2v) is 7.68. The minimum atomic E-state index is -0.478. The van der Waals surface area contributed by atoms with Crippen LogP contribution in [0.4, 0.5) is 0 Å². The van der Waals surface area contributed by atoms with E-state index in [2.05, 4.69) is 43.4 Å². The predicted octanol–water partition coefficient (Wildman–Crippen LogP) is 4.27. The Morgan fingerprint density at radius 2 is 1.73 bits per heavy atom. The van der Waals surface area contributed by atoms with Crippen molar-refractivity contribution in [3.8, 4) is 0 Å². The van der Waals surface area contributed by atoms with E-state index in [4.69, 9.17) is 0 Å². The first-order valence-electron chi connectivity index (χ1n) is 9.79. The van der Waals surface area contributed by atoms with Gasteiger partial charge in [-0.1, -0.05) is 38.8 Å². The normalized spacial score (nSPS) is 11.8. The van der Waals surface area contributed by atoms with Crippen LogP contribution in [0.2, 0.25) is 0 Å². The average Bonchev–Trinajstić information content (AvgIpc) is 2.64. The molecule has 0 heterocycles. The van der Waals surface area contributed by atoms with Gasteiger partial charge >= 0.3 is 0 Å². The largest absolute Gasteiger partial charge is 0.344 e. The van der Waals surface area contributed by atoms with E-state index >= 15 is 0 Å². The molecule has 0 fully saturated rings. The zero-order valence-corrected chi connectivity index (χ0v) is 17.5. The average molecular weight is 379 g/mol. The quantitative estimate of drug-likeness (QED) is 0.553. The highest BCUT2D eigenvalue weighted by Crippen LogP contribution is 2.21. The van der Waals surface area contributed by atoms with Gasteiger partial charge < -0.3 is 10.2 Å². The topological polar surface area (TPSA) is 49.4 Å². The van der Waals surface area contributed by atoms with Crippen molar-refractivity contribution < 1.29 is 9.59 Å². The molecule has 0 spiro atoms. The van der Waals surface area contributed by atoms with Gasteiger partial charge in [-0.15, -0.1) is 11.8 Å². The molecule has 1 atom stereocenters. The molecule has 0 saturated carbocycles. The number of nitrogens with one attached hydrogen (secondary N) is 1. The number of hydrogen-bond acceptors (Lipinski definition) is 3. The van der Waals surface area contributed by atoms with E-state index in [1.165, 1.54) is 25.3 Å². The van der Waals surface area contributed by atoms with Gasteiger partial charge in [-0.05, 0) is 43.9 Å².